The quantitative estimate of drug-likeness (QED) is 0.187. The first-order valence-electron chi connectivity index (χ1n) is 13.9. The molecule has 0 bridgehead atoms. The van der Waals surface area contributed by atoms with E-state index in [9.17, 15) is 24.0 Å². The number of ether oxygens (including phenoxy) is 2. The lowest BCUT2D eigenvalue weighted by Gasteiger charge is -2.27. The van der Waals surface area contributed by atoms with Crippen LogP contribution in [0, 0.1) is 0 Å². The summed E-state index contributed by atoms with van der Waals surface area (Å²) in [7, 11) is 0. The molecule has 2 aromatic carbocycles. The molecule has 43 heavy (non-hydrogen) atoms. The molecule has 11 nitrogen and oxygen atoms in total. The summed E-state index contributed by atoms with van der Waals surface area (Å²) in [4.78, 5) is 57.6. The maximum absolute atomic E-state index is 13.1. The Morgan fingerprint density at radius 1 is 0.814 bits per heavy atom. The van der Waals surface area contributed by atoms with E-state index in [-0.39, 0.29) is 6.61 Å². The molecule has 1 amide bonds. The highest BCUT2D eigenvalue weighted by atomic mass is 16.6. The number of hydrogen-bond acceptors (Lipinski definition) is 8. The third-order valence-corrected chi connectivity index (χ3v) is 5.64. The van der Waals surface area contributed by atoms with Crippen LogP contribution in [0.25, 0.3) is 0 Å². The van der Waals surface area contributed by atoms with Crippen LogP contribution in [0.2, 0.25) is 0 Å². The van der Waals surface area contributed by atoms with Gasteiger partial charge < -0.3 is 25.0 Å². The predicted octanol–water partition coefficient (Wildman–Crippen LogP) is 3.31. The van der Waals surface area contributed by atoms with Crippen LogP contribution in [0.4, 0.5) is 0 Å². The Balaban J connectivity index is 0.00000101. The Morgan fingerprint density at radius 3 is 1.79 bits per heavy atom. The van der Waals surface area contributed by atoms with Gasteiger partial charge in [0.05, 0.1) is 12.6 Å². The molecule has 2 aromatic rings. The van der Waals surface area contributed by atoms with Crippen molar-refractivity contribution in [1.29, 1.82) is 0 Å². The van der Waals surface area contributed by atoms with Gasteiger partial charge in [-0.2, -0.15) is 0 Å². The minimum Gasteiger partial charge on any atom is -0.478 e. The smallest absolute Gasteiger partial charge is 0.329 e. The molecule has 3 unspecified atom stereocenters. The van der Waals surface area contributed by atoms with Gasteiger partial charge in [-0.3, -0.25) is 14.9 Å². The van der Waals surface area contributed by atoms with E-state index in [0.29, 0.717) is 31.4 Å². The standard InChI is InChI=1S/C28H38N2O5.C4H4O4/c1-6-34-26(32)23(18-17-21-13-9-7-10-14-21)29-20(2)25(31)30-24(27(33)35-28(3,4)5)19-22-15-11-8-12-16-22;5-3(6)1-2-4(7)8/h7-16,20,23-24,29H,6,17-19H2,1-5H3,(H,30,31);1-2H,(H,5,6)(H,7,8)/b;2-1+. The fourth-order valence-electron chi connectivity index (χ4n) is 3.70. The lowest BCUT2D eigenvalue weighted by Crippen LogP contribution is -2.54. The number of carboxylic acids is 2. The number of benzene rings is 2. The summed E-state index contributed by atoms with van der Waals surface area (Å²) < 4.78 is 10.8. The maximum atomic E-state index is 13.1. The second-order valence-corrected chi connectivity index (χ2v) is 10.5. The molecule has 4 N–H and O–H groups in total. The molecule has 0 saturated heterocycles. The summed E-state index contributed by atoms with van der Waals surface area (Å²) in [5, 5.41) is 21.5. The molecule has 0 aliphatic heterocycles. The molecule has 0 aliphatic carbocycles. The second-order valence-electron chi connectivity index (χ2n) is 10.5. The van der Waals surface area contributed by atoms with Gasteiger partial charge >= 0.3 is 23.9 Å². The van der Waals surface area contributed by atoms with E-state index in [1.807, 2.05) is 60.7 Å². The normalized spacial score (nSPS) is 13.0. The van der Waals surface area contributed by atoms with E-state index >= 15 is 0 Å². The van der Waals surface area contributed by atoms with Gasteiger partial charge in [0.25, 0.3) is 0 Å². The SMILES string of the molecule is CCOC(=O)C(CCc1ccccc1)NC(C)C(=O)NC(Cc1ccccc1)C(=O)OC(C)(C)C.O=C(O)/C=C/C(=O)O. The molecule has 0 aliphatic rings. The van der Waals surface area contributed by atoms with Gasteiger partial charge in [0.15, 0.2) is 0 Å². The third kappa shape index (κ3) is 16.5. The lowest BCUT2D eigenvalue weighted by atomic mass is 10.0. The van der Waals surface area contributed by atoms with E-state index in [2.05, 4.69) is 10.6 Å². The largest absolute Gasteiger partial charge is 0.478 e. The molecule has 0 fully saturated rings. The predicted molar refractivity (Wildman–Crippen MR) is 160 cm³/mol. The fraction of sp³-hybridized carbons (Fsp3) is 0.406. The van der Waals surface area contributed by atoms with E-state index < -0.39 is 53.5 Å². The minimum atomic E-state index is -1.26. The molecular formula is C32H42N2O9. The van der Waals surface area contributed by atoms with Gasteiger partial charge in [-0.05, 0) is 58.6 Å². The minimum absolute atomic E-state index is 0.251. The highest BCUT2D eigenvalue weighted by Gasteiger charge is 2.30. The molecule has 234 valence electrons. The molecule has 11 heteroatoms. The van der Waals surface area contributed by atoms with Gasteiger partial charge in [0.1, 0.15) is 17.7 Å². The first kappa shape index (κ1) is 36.5. The number of aliphatic carboxylic acids is 2. The number of carboxylic acid groups (broad SMARTS) is 2. The average molecular weight is 599 g/mol. The Bertz CT molecular complexity index is 1190. The number of amides is 1. The van der Waals surface area contributed by atoms with Crippen molar-refractivity contribution in [2.45, 2.75) is 77.6 Å². The molecule has 2 rings (SSSR count). The highest BCUT2D eigenvalue weighted by molar-refractivity contribution is 5.89. The molecule has 0 spiro atoms. The highest BCUT2D eigenvalue weighted by Crippen LogP contribution is 2.12. The van der Waals surface area contributed by atoms with Crippen LogP contribution in [0.1, 0.15) is 52.2 Å². The number of esters is 2. The number of nitrogens with one attached hydrogen (secondary N) is 2. The zero-order valence-corrected chi connectivity index (χ0v) is 25.2. The molecule has 0 aromatic heterocycles. The van der Waals surface area contributed by atoms with Crippen molar-refractivity contribution in [3.8, 4) is 0 Å². The first-order chi connectivity index (χ1) is 20.2. The van der Waals surface area contributed by atoms with Crippen LogP contribution in [0.5, 0.6) is 0 Å². The molecule has 3 atom stereocenters. The Kier molecular flexibility index (Phi) is 16.0. The summed E-state index contributed by atoms with van der Waals surface area (Å²) in [6.45, 7) is 9.02. The van der Waals surface area contributed by atoms with Gasteiger partial charge in [-0.15, -0.1) is 0 Å². The zero-order valence-electron chi connectivity index (χ0n) is 25.2. The van der Waals surface area contributed by atoms with Crippen molar-refractivity contribution >= 4 is 29.8 Å². The Labute approximate surface area is 252 Å². The summed E-state index contributed by atoms with van der Waals surface area (Å²) in [6.07, 6.45) is 2.54. The van der Waals surface area contributed by atoms with Gasteiger partial charge in [0.2, 0.25) is 5.91 Å². The number of rotatable bonds is 14. The van der Waals surface area contributed by atoms with E-state index in [1.54, 1.807) is 34.6 Å². The average Bonchev–Trinajstić information content (AvgIpc) is 2.94. The zero-order chi connectivity index (χ0) is 32.4. The molecule has 0 radical (unpaired) electrons. The van der Waals surface area contributed by atoms with Crippen LogP contribution < -0.4 is 10.6 Å². The van der Waals surface area contributed by atoms with Crippen molar-refractivity contribution in [2.75, 3.05) is 6.61 Å². The van der Waals surface area contributed by atoms with Crippen molar-refractivity contribution in [1.82, 2.24) is 10.6 Å². The van der Waals surface area contributed by atoms with Crippen LogP contribution in [-0.2, 0) is 46.3 Å². The van der Waals surface area contributed by atoms with E-state index in [4.69, 9.17) is 19.7 Å². The van der Waals surface area contributed by atoms with Crippen molar-refractivity contribution in [2.24, 2.45) is 0 Å². The van der Waals surface area contributed by atoms with E-state index in [0.717, 1.165) is 11.1 Å². The van der Waals surface area contributed by atoms with Gasteiger partial charge in [-0.1, -0.05) is 60.7 Å². The Hall–Kier alpha value is -4.51. The lowest BCUT2D eigenvalue weighted by molar-refractivity contribution is -0.159. The maximum Gasteiger partial charge on any atom is 0.329 e. The number of hydrogen-bond donors (Lipinski definition) is 4. The van der Waals surface area contributed by atoms with E-state index in [1.165, 1.54) is 0 Å². The summed E-state index contributed by atoms with van der Waals surface area (Å²) in [5.41, 5.74) is 1.30. The van der Waals surface area contributed by atoms with Crippen molar-refractivity contribution in [3.05, 3.63) is 83.9 Å². The first-order valence-corrected chi connectivity index (χ1v) is 13.9. The third-order valence-electron chi connectivity index (χ3n) is 5.64. The van der Waals surface area contributed by atoms with Crippen LogP contribution >= 0.6 is 0 Å². The van der Waals surface area contributed by atoms with Gasteiger partial charge in [0, 0.05) is 18.6 Å². The monoisotopic (exact) mass is 598 g/mol. The second kappa shape index (κ2) is 18.8. The van der Waals surface area contributed by atoms with Crippen molar-refractivity contribution < 1.29 is 43.7 Å². The number of aryl methyl sites for hydroxylation is 1. The van der Waals surface area contributed by atoms with Gasteiger partial charge in [-0.25, -0.2) is 14.4 Å². The molecular weight excluding hydrogens is 556 g/mol. The Morgan fingerprint density at radius 2 is 1.33 bits per heavy atom. The topological polar surface area (TPSA) is 168 Å². The van der Waals surface area contributed by atoms with Crippen LogP contribution in [0.3, 0.4) is 0 Å². The molecule has 0 saturated carbocycles. The number of carbonyl (C=O) groups excluding carboxylic acids is 3. The number of carbonyl (C=O) groups is 5. The summed E-state index contributed by atoms with van der Waals surface area (Å²) >= 11 is 0. The molecule has 0 heterocycles. The van der Waals surface area contributed by atoms with Crippen molar-refractivity contribution in [3.63, 3.8) is 0 Å². The summed E-state index contributed by atoms with van der Waals surface area (Å²) in [5.74, 6) is -3.82. The van der Waals surface area contributed by atoms with Crippen LogP contribution in [-0.4, -0.2) is 70.3 Å². The summed E-state index contributed by atoms with van der Waals surface area (Å²) in [6, 6.07) is 17.0. The van der Waals surface area contributed by atoms with Crippen LogP contribution in [0.15, 0.2) is 72.8 Å². The fourth-order valence-corrected chi connectivity index (χ4v) is 3.70.